The first-order chi connectivity index (χ1) is 16.8. The molecule has 0 saturated carbocycles. The monoisotopic (exact) mass is 501 g/mol. The van der Waals surface area contributed by atoms with Gasteiger partial charge in [-0.1, -0.05) is 11.3 Å². The smallest absolute Gasteiger partial charge is 0.254 e. The van der Waals surface area contributed by atoms with Crippen molar-refractivity contribution in [1.29, 1.82) is 0 Å². The molecule has 2 aliphatic heterocycles. The summed E-state index contributed by atoms with van der Waals surface area (Å²) in [4.78, 5) is 36.2. The maximum Gasteiger partial charge on any atom is 0.254 e. The molecule has 2 aromatic rings. The van der Waals surface area contributed by atoms with E-state index in [0.29, 0.717) is 11.6 Å². The molecule has 1 amide bonds. The molecule has 0 aromatic carbocycles. The van der Waals surface area contributed by atoms with Crippen LogP contribution >= 0.6 is 11.3 Å². The molecule has 2 saturated heterocycles. The second-order valence-electron chi connectivity index (χ2n) is 9.76. The van der Waals surface area contributed by atoms with Crippen LogP contribution in [0.25, 0.3) is 0 Å². The molecule has 2 N–H and O–H groups in total. The Kier molecular flexibility index (Phi) is 8.19. The highest BCUT2D eigenvalue weighted by molar-refractivity contribution is 7.20. The summed E-state index contributed by atoms with van der Waals surface area (Å²) in [6.45, 7) is 14.5. The minimum atomic E-state index is -0.138. The van der Waals surface area contributed by atoms with E-state index in [-0.39, 0.29) is 18.0 Å². The zero-order valence-corrected chi connectivity index (χ0v) is 22.5. The number of nitrogens with one attached hydrogen (secondary N) is 2. The maximum atomic E-state index is 13.7. The predicted molar refractivity (Wildman–Crippen MR) is 143 cm³/mol. The van der Waals surface area contributed by atoms with Crippen molar-refractivity contribution in [2.75, 3.05) is 62.8 Å². The number of aromatic amines is 1. The quantitative estimate of drug-likeness (QED) is 0.607. The fourth-order valence-corrected chi connectivity index (χ4v) is 6.68. The maximum absolute atomic E-state index is 13.7. The summed E-state index contributed by atoms with van der Waals surface area (Å²) in [5.74, 6) is -0.110. The van der Waals surface area contributed by atoms with Crippen LogP contribution in [0.15, 0.2) is 10.9 Å². The Morgan fingerprint density at radius 2 is 1.89 bits per heavy atom. The zero-order chi connectivity index (χ0) is 25.1. The number of hydrogen-bond donors (Lipinski definition) is 2. The highest BCUT2D eigenvalue weighted by Crippen LogP contribution is 2.43. The van der Waals surface area contributed by atoms with Gasteiger partial charge < -0.3 is 29.7 Å². The van der Waals surface area contributed by atoms with Crippen molar-refractivity contribution in [3.8, 4) is 0 Å². The number of thiophene rings is 1. The molecule has 0 atom stereocenters. The third-order valence-corrected chi connectivity index (χ3v) is 8.66. The molecule has 4 heterocycles. The number of aryl methyl sites for hydroxylation is 2. The molecular formula is C26H39N5O3S. The van der Waals surface area contributed by atoms with Crippen molar-refractivity contribution in [3.63, 3.8) is 0 Å². The molecule has 35 heavy (non-hydrogen) atoms. The van der Waals surface area contributed by atoms with Crippen LogP contribution in [0.3, 0.4) is 0 Å². The van der Waals surface area contributed by atoms with Crippen molar-refractivity contribution < 1.29 is 9.53 Å². The first-order valence-corrected chi connectivity index (χ1v) is 13.5. The summed E-state index contributed by atoms with van der Waals surface area (Å²) in [5, 5.41) is 5.30. The molecule has 0 radical (unpaired) electrons. The number of carbonyl (C=O) groups is 1. The van der Waals surface area contributed by atoms with Crippen molar-refractivity contribution in [1.82, 2.24) is 15.2 Å². The number of anilines is 2. The molecular weight excluding hydrogens is 462 g/mol. The van der Waals surface area contributed by atoms with Crippen molar-refractivity contribution in [2.45, 2.75) is 53.1 Å². The van der Waals surface area contributed by atoms with E-state index < -0.39 is 0 Å². The van der Waals surface area contributed by atoms with Crippen LogP contribution < -0.4 is 20.7 Å². The van der Waals surface area contributed by atoms with Crippen molar-refractivity contribution in [2.24, 2.45) is 0 Å². The molecule has 0 aliphatic carbocycles. The molecule has 2 aromatic heterocycles. The molecule has 0 bridgehead atoms. The highest BCUT2D eigenvalue weighted by atomic mass is 32.1. The summed E-state index contributed by atoms with van der Waals surface area (Å²) in [7, 11) is 2.14. The molecule has 0 unspecified atom stereocenters. The summed E-state index contributed by atoms with van der Waals surface area (Å²) in [6.07, 6.45) is 2.01. The average Bonchev–Trinajstić information content (AvgIpc) is 3.17. The van der Waals surface area contributed by atoms with Gasteiger partial charge in [0.1, 0.15) is 5.00 Å². The Labute approximate surface area is 212 Å². The van der Waals surface area contributed by atoms with E-state index in [0.717, 1.165) is 86.2 Å². The van der Waals surface area contributed by atoms with E-state index in [1.807, 2.05) is 19.9 Å². The number of hydrogen-bond acceptors (Lipinski definition) is 7. The predicted octanol–water partition coefficient (Wildman–Crippen LogP) is 3.05. The van der Waals surface area contributed by atoms with Crippen LogP contribution in [0.5, 0.6) is 0 Å². The Morgan fingerprint density at radius 1 is 1.20 bits per heavy atom. The number of amides is 1. The van der Waals surface area contributed by atoms with Gasteiger partial charge in [0.05, 0.1) is 10.6 Å². The van der Waals surface area contributed by atoms with Crippen molar-refractivity contribution >= 4 is 27.2 Å². The third-order valence-electron chi connectivity index (χ3n) is 7.27. The van der Waals surface area contributed by atoms with E-state index in [1.54, 1.807) is 11.3 Å². The highest BCUT2D eigenvalue weighted by Gasteiger charge is 2.31. The molecule has 192 valence electrons. The average molecular weight is 502 g/mol. The van der Waals surface area contributed by atoms with Gasteiger partial charge in [-0.05, 0) is 64.8 Å². The van der Waals surface area contributed by atoms with Crippen molar-refractivity contribution in [3.05, 3.63) is 44.4 Å². The summed E-state index contributed by atoms with van der Waals surface area (Å²) < 4.78 is 5.61. The van der Waals surface area contributed by atoms with Crippen LogP contribution in [-0.2, 0) is 11.3 Å². The number of likely N-dealkylation sites (N-methyl/N-ethyl adjacent to an activating group) is 1. The molecule has 8 nitrogen and oxygen atoms in total. The summed E-state index contributed by atoms with van der Waals surface area (Å²) in [6, 6.07) is 2.37. The van der Waals surface area contributed by atoms with Gasteiger partial charge in [-0.2, -0.15) is 0 Å². The molecule has 2 fully saturated rings. The third kappa shape index (κ3) is 5.57. The summed E-state index contributed by atoms with van der Waals surface area (Å²) >= 11 is 1.74. The zero-order valence-electron chi connectivity index (χ0n) is 21.7. The molecule has 2 aliphatic rings. The number of piperazine rings is 1. The minimum Gasteiger partial charge on any atom is -0.381 e. The molecule has 0 spiro atoms. The first kappa shape index (κ1) is 25.7. The van der Waals surface area contributed by atoms with Gasteiger partial charge in [0.25, 0.3) is 11.5 Å². The van der Waals surface area contributed by atoms with Gasteiger partial charge in [0.15, 0.2) is 0 Å². The Morgan fingerprint density at radius 3 is 2.51 bits per heavy atom. The lowest BCUT2D eigenvalue weighted by molar-refractivity contribution is 0.0847. The summed E-state index contributed by atoms with van der Waals surface area (Å²) in [5.41, 5.74) is 3.97. The Hall–Kier alpha value is -2.36. The van der Waals surface area contributed by atoms with Gasteiger partial charge in [-0.25, -0.2) is 0 Å². The van der Waals surface area contributed by atoms with Crippen LogP contribution in [0.4, 0.5) is 10.0 Å². The number of ether oxygens (including phenoxy) is 1. The van der Waals surface area contributed by atoms with Gasteiger partial charge in [0.2, 0.25) is 0 Å². The van der Waals surface area contributed by atoms with E-state index in [2.05, 4.69) is 45.9 Å². The van der Waals surface area contributed by atoms with Gasteiger partial charge in [-0.15, -0.1) is 0 Å². The fourth-order valence-electron chi connectivity index (χ4n) is 5.18. The lowest BCUT2D eigenvalue weighted by atomic mass is 10.1. The number of nitrogens with zero attached hydrogens (tertiary/aromatic N) is 3. The largest absolute Gasteiger partial charge is 0.381 e. The van der Waals surface area contributed by atoms with E-state index in [9.17, 15) is 9.59 Å². The molecule has 9 heteroatoms. The Bertz CT molecular complexity index is 1100. The van der Waals surface area contributed by atoms with E-state index in [1.165, 1.54) is 5.00 Å². The topological polar surface area (TPSA) is 80.9 Å². The van der Waals surface area contributed by atoms with Crippen LogP contribution in [0.1, 0.15) is 52.5 Å². The van der Waals surface area contributed by atoms with Crippen LogP contribution in [0.2, 0.25) is 0 Å². The second-order valence-corrected chi connectivity index (χ2v) is 10.7. The fraction of sp³-hybridized carbons (Fsp3) is 0.615. The lowest BCUT2D eigenvalue weighted by Gasteiger charge is -2.35. The Balaban J connectivity index is 1.65. The first-order valence-electron chi connectivity index (χ1n) is 12.7. The minimum absolute atomic E-state index is 0.110. The number of pyridine rings is 1. The molecule has 4 rings (SSSR count). The van der Waals surface area contributed by atoms with Crippen LogP contribution in [0, 0.1) is 20.8 Å². The standard InChI is InChI=1S/C26H39N5O3S/c1-6-31(20-7-13-34-14-8-20)25-19(4)22(26(35-25)30-11-9-29(5)10-12-30)24(33)27-16-21-17(2)15-18(3)28-23(21)32/h15,20H,6-14,16H2,1-5H3,(H,27,33)(H,28,32). The SMILES string of the molecule is CCN(c1sc(N2CCN(C)CC2)c(C(=O)NCc2c(C)cc(C)[nH]c2=O)c1C)C1CCOCC1. The second kappa shape index (κ2) is 11.1. The normalized spacial score (nSPS) is 17.6. The number of aromatic nitrogens is 1. The van der Waals surface area contributed by atoms with E-state index in [4.69, 9.17) is 4.74 Å². The van der Waals surface area contributed by atoms with Gasteiger partial charge >= 0.3 is 0 Å². The number of rotatable bonds is 7. The lowest BCUT2D eigenvalue weighted by Crippen LogP contribution is -2.44. The van der Waals surface area contributed by atoms with Gasteiger partial charge in [0, 0.05) is 69.8 Å². The van der Waals surface area contributed by atoms with Gasteiger partial charge in [-0.3, -0.25) is 9.59 Å². The van der Waals surface area contributed by atoms with E-state index >= 15 is 0 Å². The number of carbonyl (C=O) groups excluding carboxylic acids is 1. The number of H-pyrrole nitrogens is 1. The van der Waals surface area contributed by atoms with Crippen LogP contribution in [-0.4, -0.2) is 74.8 Å².